The molecule has 1 aromatic rings. The van der Waals surface area contributed by atoms with Gasteiger partial charge in [0.25, 0.3) is 0 Å². The van der Waals surface area contributed by atoms with Crippen molar-refractivity contribution in [2.45, 2.75) is 4.90 Å². The zero-order valence-electron chi connectivity index (χ0n) is 5.44. The van der Waals surface area contributed by atoms with E-state index in [-0.39, 0.29) is 29.6 Å². The molecular weight excluding hydrogens is 287 g/mol. The van der Waals surface area contributed by atoms with E-state index in [1.54, 1.807) is 0 Å². The third-order valence-electron chi connectivity index (χ3n) is 0.908. The molecule has 1 aromatic carbocycles. The summed E-state index contributed by atoms with van der Waals surface area (Å²) < 4.78 is 2.07. The molecule has 0 aliphatic heterocycles. The maximum Gasteiger partial charge on any atom is 0.0309 e. The molecule has 10 heavy (non-hydrogen) atoms. The van der Waals surface area contributed by atoms with Crippen LogP contribution in [0.25, 0.3) is 0 Å². The van der Waals surface area contributed by atoms with E-state index in [4.69, 9.17) is 0 Å². The molecule has 0 heterocycles. The SMILES string of the molecule is Sc1cc(Br)ccc1Br.[Na]. The second kappa shape index (κ2) is 5.22. The summed E-state index contributed by atoms with van der Waals surface area (Å²) in [6, 6.07) is 5.85. The molecule has 0 fully saturated rings. The van der Waals surface area contributed by atoms with Crippen LogP contribution in [0.5, 0.6) is 0 Å². The van der Waals surface area contributed by atoms with E-state index < -0.39 is 0 Å². The number of halogens is 2. The van der Waals surface area contributed by atoms with E-state index in [0.717, 1.165) is 13.8 Å². The Morgan fingerprint density at radius 1 is 1.20 bits per heavy atom. The van der Waals surface area contributed by atoms with E-state index in [1.165, 1.54) is 0 Å². The largest absolute Gasteiger partial charge is 0.142 e. The van der Waals surface area contributed by atoms with Gasteiger partial charge in [0.1, 0.15) is 0 Å². The first-order chi connectivity index (χ1) is 4.20. The molecule has 0 nitrogen and oxygen atoms in total. The van der Waals surface area contributed by atoms with Gasteiger partial charge in [-0.15, -0.1) is 12.6 Å². The first-order valence-electron chi connectivity index (χ1n) is 2.34. The molecule has 0 aliphatic carbocycles. The van der Waals surface area contributed by atoms with Crippen LogP contribution in [0.1, 0.15) is 0 Å². The van der Waals surface area contributed by atoms with Crippen molar-refractivity contribution < 1.29 is 0 Å². The van der Waals surface area contributed by atoms with Gasteiger partial charge in [-0.3, -0.25) is 0 Å². The molecule has 0 aliphatic rings. The van der Waals surface area contributed by atoms with E-state index in [9.17, 15) is 0 Å². The normalized spacial score (nSPS) is 8.70. The van der Waals surface area contributed by atoms with Crippen LogP contribution in [0.4, 0.5) is 0 Å². The van der Waals surface area contributed by atoms with Crippen LogP contribution < -0.4 is 0 Å². The van der Waals surface area contributed by atoms with Crippen molar-refractivity contribution in [2.75, 3.05) is 0 Å². The number of thiol groups is 1. The molecule has 4 heteroatoms. The van der Waals surface area contributed by atoms with Gasteiger partial charge in [0.15, 0.2) is 0 Å². The van der Waals surface area contributed by atoms with Gasteiger partial charge in [0, 0.05) is 43.4 Å². The maximum absolute atomic E-state index is 4.19. The summed E-state index contributed by atoms with van der Waals surface area (Å²) in [6.45, 7) is 0. The van der Waals surface area contributed by atoms with Crippen LogP contribution in [0, 0.1) is 0 Å². The fourth-order valence-corrected chi connectivity index (χ4v) is 1.48. The third-order valence-corrected chi connectivity index (χ3v) is 2.77. The summed E-state index contributed by atoms with van der Waals surface area (Å²) in [5.41, 5.74) is 0. The third kappa shape index (κ3) is 3.28. The van der Waals surface area contributed by atoms with Crippen molar-refractivity contribution in [3.05, 3.63) is 27.1 Å². The van der Waals surface area contributed by atoms with Crippen LogP contribution in [0.2, 0.25) is 0 Å². The molecule has 0 N–H and O–H groups in total. The van der Waals surface area contributed by atoms with Crippen molar-refractivity contribution in [1.29, 1.82) is 0 Å². The Kier molecular flexibility index (Phi) is 6.02. The number of rotatable bonds is 0. The smallest absolute Gasteiger partial charge is 0.0309 e. The quantitative estimate of drug-likeness (QED) is 0.551. The van der Waals surface area contributed by atoms with Gasteiger partial charge in [-0.2, -0.15) is 0 Å². The molecule has 0 saturated heterocycles. The Bertz CT molecular complexity index is 227. The van der Waals surface area contributed by atoms with Crippen LogP contribution in [0.15, 0.2) is 32.0 Å². The van der Waals surface area contributed by atoms with Gasteiger partial charge < -0.3 is 0 Å². The average Bonchev–Trinajstić information content (AvgIpc) is 1.80. The van der Waals surface area contributed by atoms with E-state index in [2.05, 4.69) is 44.5 Å². The Morgan fingerprint density at radius 3 is 2.20 bits per heavy atom. The zero-order valence-corrected chi connectivity index (χ0v) is 11.5. The van der Waals surface area contributed by atoms with Crippen molar-refractivity contribution in [3.8, 4) is 0 Å². The number of benzene rings is 1. The van der Waals surface area contributed by atoms with Gasteiger partial charge in [0.05, 0.1) is 0 Å². The molecule has 1 rings (SSSR count). The van der Waals surface area contributed by atoms with Gasteiger partial charge in [-0.25, -0.2) is 0 Å². The fraction of sp³-hybridized carbons (Fsp3) is 0. The first-order valence-corrected chi connectivity index (χ1v) is 4.37. The van der Waals surface area contributed by atoms with Crippen molar-refractivity contribution >= 4 is 74.0 Å². The summed E-state index contributed by atoms with van der Waals surface area (Å²) in [6.07, 6.45) is 0. The molecule has 0 atom stereocenters. The van der Waals surface area contributed by atoms with Crippen molar-refractivity contribution in [3.63, 3.8) is 0 Å². The first kappa shape index (κ1) is 11.5. The standard InChI is InChI=1S/C6H4Br2S.Na/c7-4-1-2-5(8)6(9)3-4;/h1-3,9H;. The topological polar surface area (TPSA) is 0 Å². The predicted octanol–water partition coefficient (Wildman–Crippen LogP) is 3.12. The minimum atomic E-state index is 0. The van der Waals surface area contributed by atoms with E-state index in [0.29, 0.717) is 0 Å². The molecular formula is C6H4Br2NaS. The molecule has 0 unspecified atom stereocenters. The van der Waals surface area contributed by atoms with Gasteiger partial charge in [0.2, 0.25) is 0 Å². The molecule has 0 aromatic heterocycles. The Labute approximate surface area is 105 Å². The Hall–Kier alpha value is 1.53. The summed E-state index contributed by atoms with van der Waals surface area (Å²) in [5, 5.41) is 0. The van der Waals surface area contributed by atoms with Gasteiger partial charge in [-0.05, 0) is 34.1 Å². The molecule has 0 bridgehead atoms. The van der Waals surface area contributed by atoms with E-state index in [1.807, 2.05) is 18.2 Å². The minimum absolute atomic E-state index is 0. The summed E-state index contributed by atoms with van der Waals surface area (Å²) in [7, 11) is 0. The monoisotopic (exact) mass is 289 g/mol. The predicted molar refractivity (Wildman–Crippen MR) is 54.8 cm³/mol. The van der Waals surface area contributed by atoms with Crippen LogP contribution in [-0.4, -0.2) is 29.6 Å². The molecule has 0 spiro atoms. The molecule has 0 saturated carbocycles. The van der Waals surface area contributed by atoms with Crippen LogP contribution in [0.3, 0.4) is 0 Å². The summed E-state index contributed by atoms with van der Waals surface area (Å²) in [5.74, 6) is 0. The number of hydrogen-bond donors (Lipinski definition) is 1. The minimum Gasteiger partial charge on any atom is -0.142 e. The second-order valence-electron chi connectivity index (χ2n) is 1.60. The van der Waals surface area contributed by atoms with Crippen molar-refractivity contribution in [2.24, 2.45) is 0 Å². The van der Waals surface area contributed by atoms with Crippen molar-refractivity contribution in [1.82, 2.24) is 0 Å². The van der Waals surface area contributed by atoms with Gasteiger partial charge in [-0.1, -0.05) is 15.9 Å². The average molecular weight is 291 g/mol. The molecule has 49 valence electrons. The van der Waals surface area contributed by atoms with E-state index >= 15 is 0 Å². The molecule has 0 amide bonds. The summed E-state index contributed by atoms with van der Waals surface area (Å²) >= 11 is 10.8. The van der Waals surface area contributed by atoms with Crippen LogP contribution >= 0.6 is 44.5 Å². The molecule has 1 radical (unpaired) electrons. The Balaban J connectivity index is 0.000000810. The zero-order chi connectivity index (χ0) is 6.85. The summed E-state index contributed by atoms with van der Waals surface area (Å²) in [4.78, 5) is 0.948. The second-order valence-corrected chi connectivity index (χ2v) is 3.85. The Morgan fingerprint density at radius 2 is 1.80 bits per heavy atom. The fourth-order valence-electron chi connectivity index (χ4n) is 0.486. The number of hydrogen-bond acceptors (Lipinski definition) is 1. The van der Waals surface area contributed by atoms with Gasteiger partial charge >= 0.3 is 0 Å². The maximum atomic E-state index is 4.19. The van der Waals surface area contributed by atoms with Crippen LogP contribution in [-0.2, 0) is 0 Å².